The number of alkyl halides is 3. The number of nitrogens with zero attached hydrogens (tertiary/aromatic N) is 3. The number of thioether (sulfide) groups is 1. The number of amidine groups is 1. The second-order valence-corrected chi connectivity index (χ2v) is 6.85. The van der Waals surface area contributed by atoms with Crippen LogP contribution in [0.5, 0.6) is 0 Å². The molecule has 10 heteroatoms. The maximum atomic E-state index is 12.8. The molecule has 1 aliphatic heterocycles. The van der Waals surface area contributed by atoms with Crippen LogP contribution in [0.1, 0.15) is 21.5 Å². The molecule has 28 heavy (non-hydrogen) atoms. The minimum Gasteiger partial charge on any atom is -0.286 e. The molecule has 0 spiro atoms. The minimum atomic E-state index is -4.41. The van der Waals surface area contributed by atoms with Crippen molar-refractivity contribution in [2.24, 2.45) is 4.99 Å². The van der Waals surface area contributed by atoms with E-state index in [0.29, 0.717) is 23.8 Å². The Morgan fingerprint density at radius 2 is 1.93 bits per heavy atom. The number of halogens is 3. The Morgan fingerprint density at radius 1 is 1.21 bits per heavy atom. The molecule has 1 aliphatic rings. The largest absolute Gasteiger partial charge is 0.416 e. The molecule has 0 saturated carbocycles. The van der Waals surface area contributed by atoms with Crippen molar-refractivity contribution in [2.75, 3.05) is 13.1 Å². The highest BCUT2D eigenvalue weighted by molar-refractivity contribution is 8.13. The van der Waals surface area contributed by atoms with Crippen molar-refractivity contribution < 1.29 is 22.9 Å². The van der Waals surface area contributed by atoms with Crippen molar-refractivity contribution in [1.82, 2.24) is 4.90 Å². The highest BCUT2D eigenvalue weighted by atomic mass is 32.2. The van der Waals surface area contributed by atoms with Crippen LogP contribution in [0.15, 0.2) is 53.5 Å². The van der Waals surface area contributed by atoms with Crippen LogP contribution in [0.2, 0.25) is 0 Å². The molecule has 6 nitrogen and oxygen atoms in total. The van der Waals surface area contributed by atoms with Crippen LogP contribution in [0, 0.1) is 10.1 Å². The molecule has 0 saturated heterocycles. The number of carbonyl (C=O) groups is 1. The van der Waals surface area contributed by atoms with Crippen LogP contribution in [-0.4, -0.2) is 34.0 Å². The summed E-state index contributed by atoms with van der Waals surface area (Å²) in [5.41, 5.74) is -0.0967. The third-order valence-corrected chi connectivity index (χ3v) is 5.08. The lowest BCUT2D eigenvalue weighted by Crippen LogP contribution is -2.32. The van der Waals surface area contributed by atoms with Gasteiger partial charge in [-0.25, -0.2) is 0 Å². The number of hydrogen-bond acceptors (Lipinski definition) is 5. The Kier molecular flexibility index (Phi) is 5.68. The molecule has 1 heterocycles. The molecule has 2 aromatic carbocycles. The van der Waals surface area contributed by atoms with Crippen LogP contribution in [-0.2, 0) is 11.9 Å². The molecular formula is C18H14F3N3O3S. The molecular weight excluding hydrogens is 395 g/mol. The third kappa shape index (κ3) is 4.50. The number of benzene rings is 2. The number of nitro groups is 1. The first-order valence-corrected chi connectivity index (χ1v) is 9.14. The van der Waals surface area contributed by atoms with E-state index in [0.717, 1.165) is 12.1 Å². The van der Waals surface area contributed by atoms with Gasteiger partial charge in [0.2, 0.25) is 0 Å². The number of non-ortho nitro benzene ring substituents is 1. The van der Waals surface area contributed by atoms with Gasteiger partial charge in [0.25, 0.3) is 11.6 Å². The van der Waals surface area contributed by atoms with Gasteiger partial charge in [0.05, 0.1) is 17.0 Å². The zero-order chi connectivity index (χ0) is 20.3. The van der Waals surface area contributed by atoms with Gasteiger partial charge >= 0.3 is 6.18 Å². The molecule has 0 unspecified atom stereocenters. The molecule has 0 aliphatic carbocycles. The highest BCUT2D eigenvalue weighted by Crippen LogP contribution is 2.31. The number of nitro benzene ring substituents is 1. The summed E-state index contributed by atoms with van der Waals surface area (Å²) >= 11 is 1.18. The number of hydrogen-bond donors (Lipinski definition) is 0. The molecule has 1 amide bonds. The van der Waals surface area contributed by atoms with E-state index in [1.165, 1.54) is 47.0 Å². The SMILES string of the molecule is O=C(c1ccc([N+](=O)[O-])cc1)N1CCN=C1SCc1cccc(C(F)(F)F)c1. The second-order valence-electron chi connectivity index (χ2n) is 5.91. The predicted molar refractivity (Wildman–Crippen MR) is 99.2 cm³/mol. The quantitative estimate of drug-likeness (QED) is 0.555. The lowest BCUT2D eigenvalue weighted by atomic mass is 10.1. The third-order valence-electron chi connectivity index (χ3n) is 3.99. The Bertz CT molecular complexity index is 930. The molecule has 0 aromatic heterocycles. The van der Waals surface area contributed by atoms with E-state index in [-0.39, 0.29) is 22.9 Å². The Balaban J connectivity index is 1.68. The van der Waals surface area contributed by atoms with E-state index >= 15 is 0 Å². The Labute approximate surface area is 162 Å². The van der Waals surface area contributed by atoms with E-state index in [4.69, 9.17) is 0 Å². The summed E-state index contributed by atoms with van der Waals surface area (Å²) < 4.78 is 38.5. The number of aliphatic imine (C=N–C) groups is 1. The molecule has 0 radical (unpaired) electrons. The maximum Gasteiger partial charge on any atom is 0.416 e. The topological polar surface area (TPSA) is 75.8 Å². The van der Waals surface area contributed by atoms with E-state index < -0.39 is 16.7 Å². The van der Waals surface area contributed by atoms with Gasteiger partial charge in [-0.1, -0.05) is 30.0 Å². The average Bonchev–Trinajstić information content (AvgIpc) is 3.14. The van der Waals surface area contributed by atoms with Crippen LogP contribution >= 0.6 is 11.8 Å². The van der Waals surface area contributed by atoms with Crippen molar-refractivity contribution in [2.45, 2.75) is 11.9 Å². The van der Waals surface area contributed by atoms with Gasteiger partial charge in [-0.05, 0) is 23.8 Å². The molecule has 3 rings (SSSR count). The maximum absolute atomic E-state index is 12.8. The Hall–Kier alpha value is -2.88. The Morgan fingerprint density at radius 3 is 2.57 bits per heavy atom. The van der Waals surface area contributed by atoms with Crippen molar-refractivity contribution >= 4 is 28.5 Å². The first-order chi connectivity index (χ1) is 13.3. The normalized spacial score (nSPS) is 14.1. The molecule has 0 N–H and O–H groups in total. The monoisotopic (exact) mass is 409 g/mol. The average molecular weight is 409 g/mol. The predicted octanol–water partition coefficient (Wildman–Crippen LogP) is 4.36. The minimum absolute atomic E-state index is 0.120. The fourth-order valence-corrected chi connectivity index (χ4v) is 3.59. The molecule has 2 aromatic rings. The summed E-state index contributed by atoms with van der Waals surface area (Å²) in [5.74, 6) is -0.130. The second kappa shape index (κ2) is 8.01. The van der Waals surface area contributed by atoms with Gasteiger partial charge in [0, 0.05) is 30.0 Å². The van der Waals surface area contributed by atoms with Gasteiger partial charge in [-0.15, -0.1) is 0 Å². The van der Waals surface area contributed by atoms with E-state index in [1.807, 2.05) is 0 Å². The van der Waals surface area contributed by atoms with E-state index in [9.17, 15) is 28.1 Å². The first kappa shape index (κ1) is 19.9. The highest BCUT2D eigenvalue weighted by Gasteiger charge is 2.30. The smallest absolute Gasteiger partial charge is 0.286 e. The zero-order valence-electron chi connectivity index (χ0n) is 14.3. The summed E-state index contributed by atoms with van der Waals surface area (Å²) in [5, 5.41) is 11.1. The summed E-state index contributed by atoms with van der Waals surface area (Å²) in [6, 6.07) is 10.2. The first-order valence-electron chi connectivity index (χ1n) is 8.15. The zero-order valence-corrected chi connectivity index (χ0v) is 15.2. The lowest BCUT2D eigenvalue weighted by molar-refractivity contribution is -0.384. The lowest BCUT2D eigenvalue weighted by Gasteiger charge is -2.18. The van der Waals surface area contributed by atoms with Crippen LogP contribution in [0.25, 0.3) is 0 Å². The van der Waals surface area contributed by atoms with Gasteiger partial charge < -0.3 is 0 Å². The molecule has 0 fully saturated rings. The van der Waals surface area contributed by atoms with Gasteiger partial charge in [-0.2, -0.15) is 13.2 Å². The van der Waals surface area contributed by atoms with Crippen molar-refractivity contribution in [3.05, 3.63) is 75.3 Å². The number of amides is 1. The summed E-state index contributed by atoms with van der Waals surface area (Å²) in [6.45, 7) is 0.740. The number of carbonyl (C=O) groups excluding carboxylic acids is 1. The summed E-state index contributed by atoms with van der Waals surface area (Å²) in [6.07, 6.45) is -4.41. The fraction of sp³-hybridized carbons (Fsp3) is 0.222. The standard InChI is InChI=1S/C18H14F3N3O3S/c19-18(20,21)14-3-1-2-12(10-14)11-28-17-22-8-9-23(17)16(25)13-4-6-15(7-5-13)24(26)27/h1-7,10H,8-9,11H2. The van der Waals surface area contributed by atoms with E-state index in [2.05, 4.69) is 4.99 Å². The molecule has 0 atom stereocenters. The van der Waals surface area contributed by atoms with Crippen LogP contribution in [0.4, 0.5) is 18.9 Å². The van der Waals surface area contributed by atoms with Gasteiger partial charge in [0.1, 0.15) is 0 Å². The van der Waals surface area contributed by atoms with Crippen LogP contribution in [0.3, 0.4) is 0 Å². The van der Waals surface area contributed by atoms with Crippen LogP contribution < -0.4 is 0 Å². The van der Waals surface area contributed by atoms with E-state index in [1.54, 1.807) is 6.07 Å². The fourth-order valence-electron chi connectivity index (χ4n) is 2.61. The van der Waals surface area contributed by atoms with Crippen molar-refractivity contribution in [1.29, 1.82) is 0 Å². The van der Waals surface area contributed by atoms with Crippen molar-refractivity contribution in [3.63, 3.8) is 0 Å². The summed E-state index contributed by atoms with van der Waals surface area (Å²) in [7, 11) is 0. The van der Waals surface area contributed by atoms with Crippen molar-refractivity contribution in [3.8, 4) is 0 Å². The summed E-state index contributed by atoms with van der Waals surface area (Å²) in [4.78, 5) is 28.5. The number of rotatable bonds is 4. The molecule has 146 valence electrons. The molecule has 0 bridgehead atoms. The van der Waals surface area contributed by atoms with Gasteiger partial charge in [0.15, 0.2) is 5.17 Å². The van der Waals surface area contributed by atoms with Gasteiger partial charge in [-0.3, -0.25) is 24.8 Å².